The molecule has 0 saturated carbocycles. The van der Waals surface area contributed by atoms with Gasteiger partial charge in [-0.1, -0.05) is 46.0 Å². The summed E-state index contributed by atoms with van der Waals surface area (Å²) in [5, 5.41) is 0. The zero-order valence-electron chi connectivity index (χ0n) is 8.28. The summed E-state index contributed by atoms with van der Waals surface area (Å²) in [7, 11) is 3.74. The maximum absolute atomic E-state index is 10.1. The summed E-state index contributed by atoms with van der Waals surface area (Å²) in [6.45, 7) is 2.14. The van der Waals surface area contributed by atoms with Gasteiger partial charge >= 0.3 is 29.6 Å². The first-order valence-electron chi connectivity index (χ1n) is 4.07. The van der Waals surface area contributed by atoms with Crippen LogP contribution in [0.1, 0.15) is 26.2 Å². The maximum atomic E-state index is 10.1. The molecular weight excluding hydrogens is 235 g/mol. The van der Waals surface area contributed by atoms with E-state index in [1.165, 1.54) is 0 Å². The fraction of sp³-hybridized carbons (Fsp3) is 1.00. The van der Waals surface area contributed by atoms with Gasteiger partial charge in [-0.25, -0.2) is 0 Å². The first kappa shape index (κ1) is 17.2. The van der Waals surface area contributed by atoms with Crippen molar-refractivity contribution < 1.29 is 38.3 Å². The van der Waals surface area contributed by atoms with E-state index in [2.05, 4.69) is 6.92 Å². The number of hydrogen-bond acceptors (Lipinski definition) is 4. The van der Waals surface area contributed by atoms with E-state index < -0.39 is 11.1 Å². The monoisotopic (exact) mass is 250 g/mol. The van der Waals surface area contributed by atoms with Crippen LogP contribution in [-0.2, 0) is 11.1 Å². The minimum atomic E-state index is -1.84. The molecule has 13 heavy (non-hydrogen) atoms. The van der Waals surface area contributed by atoms with Gasteiger partial charge in [0.05, 0.1) is 0 Å². The summed E-state index contributed by atoms with van der Waals surface area (Å²) in [5.41, 5.74) is 0. The Hall–Kier alpha value is 1.81. The molecule has 0 aromatic carbocycles. The molecule has 0 saturated heterocycles. The second-order valence-electron chi connectivity index (χ2n) is 2.30. The van der Waals surface area contributed by atoms with Gasteiger partial charge in [-0.3, -0.25) is 4.21 Å². The van der Waals surface area contributed by atoms with E-state index in [0.29, 0.717) is 5.75 Å². The smallest absolute Gasteiger partial charge is 0.772 e. The van der Waals surface area contributed by atoms with E-state index in [1.54, 1.807) is 0 Å². The van der Waals surface area contributed by atoms with E-state index in [-0.39, 0.29) is 29.6 Å². The molecule has 74 valence electrons. The second kappa shape index (κ2) is 13.8. The fourth-order valence-corrected chi connectivity index (χ4v) is 2.95. The van der Waals surface area contributed by atoms with Gasteiger partial charge in [0.1, 0.15) is 0 Å². The van der Waals surface area contributed by atoms with Gasteiger partial charge in [-0.15, -0.1) is 0 Å². The molecule has 0 aliphatic carbocycles. The average molecular weight is 250 g/mol. The fourth-order valence-electron chi connectivity index (χ4n) is 0.700. The third kappa shape index (κ3) is 16.5. The Kier molecular flexibility index (Phi) is 18.3. The Bertz CT molecular complexity index is 124. The molecule has 0 rings (SSSR count). The first-order chi connectivity index (χ1) is 5.77. The molecule has 0 aromatic heterocycles. The summed E-state index contributed by atoms with van der Waals surface area (Å²) in [6, 6.07) is 0. The summed E-state index contributed by atoms with van der Waals surface area (Å²) in [6.07, 6.45) is 2.98. The van der Waals surface area contributed by atoms with Crippen molar-refractivity contribution in [1.82, 2.24) is 0 Å². The van der Waals surface area contributed by atoms with Crippen molar-refractivity contribution in [3.63, 3.8) is 0 Å². The molecule has 0 heterocycles. The third-order valence-electron chi connectivity index (χ3n) is 1.24. The van der Waals surface area contributed by atoms with E-state index in [4.69, 9.17) is 0 Å². The first-order valence-corrected chi connectivity index (χ1v) is 7.81. The van der Waals surface area contributed by atoms with Crippen LogP contribution >= 0.6 is 21.6 Å². The maximum Gasteiger partial charge on any atom is 1.00 e. The predicted molar refractivity (Wildman–Crippen MR) is 58.2 cm³/mol. The quantitative estimate of drug-likeness (QED) is 0.251. The molecule has 0 fully saturated rings. The minimum absolute atomic E-state index is 0. The molecule has 0 aliphatic heterocycles. The minimum Gasteiger partial charge on any atom is -0.772 e. The van der Waals surface area contributed by atoms with Crippen LogP contribution in [0, 0.1) is 0 Å². The van der Waals surface area contributed by atoms with Crippen LogP contribution in [0.3, 0.4) is 0 Å². The molecule has 0 aliphatic rings. The van der Waals surface area contributed by atoms with Crippen LogP contribution in [-0.4, -0.2) is 26.0 Å². The van der Waals surface area contributed by atoms with Gasteiger partial charge < -0.3 is 4.55 Å². The summed E-state index contributed by atoms with van der Waals surface area (Å²) >= 11 is -1.84. The Morgan fingerprint density at radius 3 is 2.46 bits per heavy atom. The molecule has 0 amide bonds. The summed E-state index contributed by atoms with van der Waals surface area (Å²) < 4.78 is 20.3. The van der Waals surface area contributed by atoms with Crippen LogP contribution in [0.15, 0.2) is 0 Å². The predicted octanol–water partition coefficient (Wildman–Crippen LogP) is -0.559. The SMILES string of the molecule is CCSSCCCCCS(=O)[O-].[Na+]. The van der Waals surface area contributed by atoms with Crippen molar-refractivity contribution in [3.8, 4) is 0 Å². The molecular formula is C7H15NaO2S3. The average Bonchev–Trinajstić information content (AvgIpc) is 2.02. The summed E-state index contributed by atoms with van der Waals surface area (Å²) in [4.78, 5) is 0. The van der Waals surface area contributed by atoms with Crippen LogP contribution < -0.4 is 29.6 Å². The largest absolute Gasteiger partial charge is 1.00 e. The van der Waals surface area contributed by atoms with Crippen LogP contribution in [0.4, 0.5) is 0 Å². The molecule has 0 N–H and O–H groups in total. The van der Waals surface area contributed by atoms with E-state index in [0.717, 1.165) is 30.8 Å². The van der Waals surface area contributed by atoms with Crippen LogP contribution in [0.2, 0.25) is 0 Å². The van der Waals surface area contributed by atoms with Crippen molar-refractivity contribution in [2.24, 2.45) is 0 Å². The molecule has 0 radical (unpaired) electrons. The normalized spacial score (nSPS) is 12.2. The van der Waals surface area contributed by atoms with E-state index >= 15 is 0 Å². The Labute approximate surface area is 113 Å². The summed E-state index contributed by atoms with van der Waals surface area (Å²) in [5.74, 6) is 2.62. The van der Waals surface area contributed by atoms with E-state index in [1.807, 2.05) is 21.6 Å². The Balaban J connectivity index is 0. The van der Waals surface area contributed by atoms with Crippen LogP contribution in [0.25, 0.3) is 0 Å². The zero-order chi connectivity index (χ0) is 9.23. The second-order valence-corrected chi connectivity index (χ2v) is 6.18. The number of unbranched alkanes of at least 4 members (excludes halogenated alkanes) is 2. The number of hydrogen-bond donors (Lipinski definition) is 0. The molecule has 0 spiro atoms. The van der Waals surface area contributed by atoms with Gasteiger partial charge in [0.15, 0.2) is 0 Å². The standard InChI is InChI=1S/C7H16O2S3.Na/c1-2-10-11-6-4-3-5-7-12(8)9;/h2-7H2,1H3,(H,8,9);/q;+1/p-1. The van der Waals surface area contributed by atoms with Crippen molar-refractivity contribution in [2.75, 3.05) is 17.3 Å². The molecule has 0 aromatic rings. The third-order valence-corrected chi connectivity index (χ3v) is 4.43. The zero-order valence-corrected chi connectivity index (χ0v) is 12.7. The van der Waals surface area contributed by atoms with Crippen molar-refractivity contribution >= 4 is 32.7 Å². The molecule has 6 heteroatoms. The topological polar surface area (TPSA) is 40.1 Å². The van der Waals surface area contributed by atoms with Gasteiger partial charge in [0, 0.05) is 17.3 Å². The molecule has 0 bridgehead atoms. The molecule has 2 nitrogen and oxygen atoms in total. The van der Waals surface area contributed by atoms with Crippen molar-refractivity contribution in [1.29, 1.82) is 0 Å². The Morgan fingerprint density at radius 2 is 1.92 bits per heavy atom. The number of rotatable bonds is 8. The molecule has 1 atom stereocenters. The Morgan fingerprint density at radius 1 is 1.23 bits per heavy atom. The van der Waals surface area contributed by atoms with Crippen molar-refractivity contribution in [2.45, 2.75) is 26.2 Å². The van der Waals surface area contributed by atoms with Gasteiger partial charge in [-0.05, 0) is 12.8 Å². The van der Waals surface area contributed by atoms with Gasteiger partial charge in [0.2, 0.25) is 0 Å². The van der Waals surface area contributed by atoms with E-state index in [9.17, 15) is 8.76 Å². The molecule has 1 unspecified atom stereocenters. The van der Waals surface area contributed by atoms with Crippen molar-refractivity contribution in [3.05, 3.63) is 0 Å². The van der Waals surface area contributed by atoms with Crippen LogP contribution in [0.5, 0.6) is 0 Å². The van der Waals surface area contributed by atoms with Gasteiger partial charge in [-0.2, -0.15) is 0 Å². The van der Waals surface area contributed by atoms with Gasteiger partial charge in [0.25, 0.3) is 0 Å².